The minimum atomic E-state index is 0.759. The van der Waals surface area contributed by atoms with Gasteiger partial charge in [0, 0.05) is 33.0 Å². The van der Waals surface area contributed by atoms with Crippen LogP contribution in [0.15, 0.2) is 24.5 Å². The van der Waals surface area contributed by atoms with Gasteiger partial charge in [-0.25, -0.2) is 0 Å². The Bertz CT molecular complexity index is 518. The molecule has 0 aromatic carbocycles. The lowest BCUT2D eigenvalue weighted by molar-refractivity contribution is 0.724. The van der Waals surface area contributed by atoms with Crippen LogP contribution in [-0.4, -0.2) is 28.4 Å². The molecule has 5 heteroatoms. The highest BCUT2D eigenvalue weighted by Crippen LogP contribution is 2.24. The molecule has 2 aromatic heterocycles. The Kier molecular flexibility index (Phi) is 3.50. The lowest BCUT2D eigenvalue weighted by Crippen LogP contribution is -2.23. The molecule has 0 saturated carbocycles. The van der Waals surface area contributed by atoms with Crippen LogP contribution in [0.2, 0.25) is 0 Å². The molecule has 5 nitrogen and oxygen atoms in total. The first-order valence-corrected chi connectivity index (χ1v) is 5.98. The molecule has 2 heterocycles. The van der Waals surface area contributed by atoms with Crippen molar-refractivity contribution in [3.8, 4) is 0 Å². The molecular formula is C13H19N5. The third-order valence-corrected chi connectivity index (χ3v) is 3.08. The van der Waals surface area contributed by atoms with Crippen molar-refractivity contribution < 1.29 is 0 Å². The fourth-order valence-electron chi connectivity index (χ4n) is 2.07. The molecule has 0 saturated heterocycles. The van der Waals surface area contributed by atoms with Crippen LogP contribution in [0.5, 0.6) is 0 Å². The van der Waals surface area contributed by atoms with Gasteiger partial charge in [0.25, 0.3) is 0 Å². The van der Waals surface area contributed by atoms with Crippen molar-refractivity contribution in [1.82, 2.24) is 14.8 Å². The van der Waals surface area contributed by atoms with Gasteiger partial charge in [-0.3, -0.25) is 9.67 Å². The lowest BCUT2D eigenvalue weighted by atomic mass is 10.2. The fourth-order valence-corrected chi connectivity index (χ4v) is 2.07. The van der Waals surface area contributed by atoms with E-state index in [2.05, 4.69) is 15.0 Å². The van der Waals surface area contributed by atoms with E-state index in [1.54, 1.807) is 0 Å². The summed E-state index contributed by atoms with van der Waals surface area (Å²) in [5.41, 5.74) is 8.95. The molecule has 0 aliphatic carbocycles. The summed E-state index contributed by atoms with van der Waals surface area (Å²) >= 11 is 0. The zero-order valence-electron chi connectivity index (χ0n) is 11.1. The van der Waals surface area contributed by atoms with E-state index in [0.29, 0.717) is 0 Å². The maximum atomic E-state index is 6.04. The number of aryl methyl sites for hydroxylation is 2. The van der Waals surface area contributed by atoms with Gasteiger partial charge < -0.3 is 10.6 Å². The van der Waals surface area contributed by atoms with Crippen molar-refractivity contribution >= 4 is 11.5 Å². The first-order valence-electron chi connectivity index (χ1n) is 5.98. The first-order chi connectivity index (χ1) is 8.59. The number of hydrogen-bond donors (Lipinski definition) is 1. The van der Waals surface area contributed by atoms with Crippen molar-refractivity contribution in [2.24, 2.45) is 7.05 Å². The molecule has 0 aliphatic heterocycles. The molecule has 0 fully saturated rings. The molecule has 0 unspecified atom stereocenters. The Balaban J connectivity index is 2.06. The molecule has 0 atom stereocenters. The average molecular weight is 245 g/mol. The Morgan fingerprint density at radius 2 is 2.00 bits per heavy atom. The number of likely N-dealkylation sites (N-methyl/N-ethyl adjacent to an activating group) is 1. The number of nitrogens with two attached hydrogens (primary N) is 1. The molecule has 0 amide bonds. The standard InChI is InChI=1S/C13H19N5/c1-10-12(14)13(18(3)16-10)17(2)9-6-11-4-7-15-8-5-11/h4-5,7-8H,6,9,14H2,1-3H3. The maximum Gasteiger partial charge on any atom is 0.150 e. The molecule has 0 radical (unpaired) electrons. The summed E-state index contributed by atoms with van der Waals surface area (Å²) in [4.78, 5) is 6.15. The predicted octanol–water partition coefficient (Wildman–Crippen LogP) is 1.38. The molecule has 96 valence electrons. The zero-order chi connectivity index (χ0) is 13.1. The van der Waals surface area contributed by atoms with E-state index in [0.717, 1.165) is 30.2 Å². The van der Waals surface area contributed by atoms with Crippen molar-refractivity contribution in [3.05, 3.63) is 35.8 Å². The number of hydrogen-bond acceptors (Lipinski definition) is 4. The molecule has 2 aromatic rings. The Morgan fingerprint density at radius 1 is 1.33 bits per heavy atom. The number of pyridine rings is 1. The maximum absolute atomic E-state index is 6.04. The van der Waals surface area contributed by atoms with Gasteiger partial charge in [0.15, 0.2) is 0 Å². The molecule has 0 bridgehead atoms. The minimum absolute atomic E-state index is 0.759. The molecule has 0 spiro atoms. The minimum Gasteiger partial charge on any atom is -0.394 e. The van der Waals surface area contributed by atoms with Gasteiger partial charge in [-0.2, -0.15) is 5.10 Å². The summed E-state index contributed by atoms with van der Waals surface area (Å²) in [7, 11) is 3.95. The molecule has 2 rings (SSSR count). The van der Waals surface area contributed by atoms with Crippen molar-refractivity contribution in [1.29, 1.82) is 0 Å². The SMILES string of the molecule is Cc1nn(C)c(N(C)CCc2ccncc2)c1N. The molecular weight excluding hydrogens is 226 g/mol. The third kappa shape index (κ3) is 2.45. The largest absolute Gasteiger partial charge is 0.394 e. The number of nitrogens with zero attached hydrogens (tertiary/aromatic N) is 4. The van der Waals surface area contributed by atoms with Gasteiger partial charge in [-0.1, -0.05) is 0 Å². The second kappa shape index (κ2) is 5.08. The number of aromatic nitrogens is 3. The van der Waals surface area contributed by atoms with E-state index in [4.69, 9.17) is 5.73 Å². The van der Waals surface area contributed by atoms with Gasteiger partial charge in [0.05, 0.1) is 11.4 Å². The lowest BCUT2D eigenvalue weighted by Gasteiger charge is -2.19. The highest BCUT2D eigenvalue weighted by molar-refractivity contribution is 5.65. The first kappa shape index (κ1) is 12.4. The number of nitrogen functional groups attached to an aromatic ring is 1. The van der Waals surface area contributed by atoms with E-state index in [1.807, 2.05) is 50.2 Å². The van der Waals surface area contributed by atoms with Crippen LogP contribution < -0.4 is 10.6 Å². The van der Waals surface area contributed by atoms with Crippen LogP contribution in [0.25, 0.3) is 0 Å². The third-order valence-electron chi connectivity index (χ3n) is 3.08. The van der Waals surface area contributed by atoms with E-state index < -0.39 is 0 Å². The van der Waals surface area contributed by atoms with Gasteiger partial charge in [0.1, 0.15) is 5.82 Å². The zero-order valence-corrected chi connectivity index (χ0v) is 11.1. The quantitative estimate of drug-likeness (QED) is 0.884. The van der Waals surface area contributed by atoms with Crippen LogP contribution in [-0.2, 0) is 13.5 Å². The van der Waals surface area contributed by atoms with Gasteiger partial charge >= 0.3 is 0 Å². The smallest absolute Gasteiger partial charge is 0.150 e. The van der Waals surface area contributed by atoms with E-state index >= 15 is 0 Å². The van der Waals surface area contributed by atoms with Gasteiger partial charge in [-0.15, -0.1) is 0 Å². The molecule has 2 N–H and O–H groups in total. The molecule has 0 aliphatic rings. The summed E-state index contributed by atoms with van der Waals surface area (Å²) in [5, 5.41) is 4.33. The summed E-state index contributed by atoms with van der Waals surface area (Å²) in [6.45, 7) is 2.82. The predicted molar refractivity (Wildman–Crippen MR) is 73.6 cm³/mol. The normalized spacial score (nSPS) is 10.6. The Morgan fingerprint density at radius 3 is 2.56 bits per heavy atom. The Hall–Kier alpha value is -2.04. The topological polar surface area (TPSA) is 60.0 Å². The number of rotatable bonds is 4. The highest BCUT2D eigenvalue weighted by atomic mass is 15.4. The highest BCUT2D eigenvalue weighted by Gasteiger charge is 2.13. The van der Waals surface area contributed by atoms with Crippen LogP contribution in [0.1, 0.15) is 11.3 Å². The van der Waals surface area contributed by atoms with Crippen molar-refractivity contribution in [2.45, 2.75) is 13.3 Å². The Labute approximate surface area is 107 Å². The fraction of sp³-hybridized carbons (Fsp3) is 0.385. The summed E-state index contributed by atoms with van der Waals surface area (Å²) in [6, 6.07) is 4.07. The molecule has 18 heavy (non-hydrogen) atoms. The van der Waals surface area contributed by atoms with E-state index in [1.165, 1.54) is 5.56 Å². The second-order valence-corrected chi connectivity index (χ2v) is 4.47. The van der Waals surface area contributed by atoms with Gasteiger partial charge in [-0.05, 0) is 31.0 Å². The monoisotopic (exact) mass is 245 g/mol. The van der Waals surface area contributed by atoms with Crippen LogP contribution in [0, 0.1) is 6.92 Å². The summed E-state index contributed by atoms with van der Waals surface area (Å²) in [5.74, 6) is 0.974. The van der Waals surface area contributed by atoms with Crippen LogP contribution in [0.4, 0.5) is 11.5 Å². The van der Waals surface area contributed by atoms with Crippen molar-refractivity contribution in [2.75, 3.05) is 24.2 Å². The van der Waals surface area contributed by atoms with Crippen molar-refractivity contribution in [3.63, 3.8) is 0 Å². The number of anilines is 2. The van der Waals surface area contributed by atoms with Crippen LogP contribution >= 0.6 is 0 Å². The second-order valence-electron chi connectivity index (χ2n) is 4.47. The van der Waals surface area contributed by atoms with Gasteiger partial charge in [0.2, 0.25) is 0 Å². The summed E-state index contributed by atoms with van der Waals surface area (Å²) < 4.78 is 1.83. The van der Waals surface area contributed by atoms with E-state index in [9.17, 15) is 0 Å². The average Bonchev–Trinajstić information content (AvgIpc) is 2.62. The van der Waals surface area contributed by atoms with Crippen LogP contribution in [0.3, 0.4) is 0 Å². The van der Waals surface area contributed by atoms with E-state index in [-0.39, 0.29) is 0 Å². The summed E-state index contributed by atoms with van der Waals surface area (Å²) in [6.07, 6.45) is 4.60.